The van der Waals surface area contributed by atoms with Gasteiger partial charge in [0, 0.05) is 4.75 Å². The molecule has 2 N–H and O–H groups in total. The highest BCUT2D eigenvalue weighted by Crippen LogP contribution is 2.51. The van der Waals surface area contributed by atoms with Crippen LogP contribution in [0.1, 0.15) is 45.6 Å². The molecule has 14 heteroatoms. The third-order valence-corrected chi connectivity index (χ3v) is 10.7. The average molecular weight is 561 g/mol. The molecule has 0 radical (unpaired) electrons. The fourth-order valence-electron chi connectivity index (χ4n) is 5.24. The summed E-state index contributed by atoms with van der Waals surface area (Å²) in [7, 11) is -4.18. The second kappa shape index (κ2) is 9.74. The lowest BCUT2D eigenvalue weighted by Gasteiger charge is -2.36. The van der Waals surface area contributed by atoms with E-state index in [1.807, 2.05) is 13.8 Å². The molecule has 6 atom stereocenters. The normalized spacial score (nSPS) is 35.4. The Bertz CT molecular complexity index is 1160. The average Bonchev–Trinajstić information content (AvgIpc) is 3.42. The van der Waals surface area contributed by atoms with Crippen molar-refractivity contribution in [3.63, 3.8) is 0 Å². The van der Waals surface area contributed by atoms with E-state index in [-0.39, 0.29) is 4.90 Å². The fraction of sp³-hybridized carbons (Fsp3) is 0.696. The van der Waals surface area contributed by atoms with E-state index in [4.69, 9.17) is 9.47 Å². The first kappa shape index (κ1) is 28.2. The monoisotopic (exact) mass is 560 g/mol. The Morgan fingerprint density at radius 3 is 2.43 bits per heavy atom. The van der Waals surface area contributed by atoms with Gasteiger partial charge < -0.3 is 19.7 Å². The first-order valence-corrected chi connectivity index (χ1v) is 14.3. The molecule has 206 valence electrons. The van der Waals surface area contributed by atoms with Crippen molar-refractivity contribution in [3.05, 3.63) is 39.9 Å². The van der Waals surface area contributed by atoms with E-state index >= 15 is 0 Å². The van der Waals surface area contributed by atoms with Crippen LogP contribution in [0.15, 0.2) is 29.2 Å². The SMILES string of the molecule is CCCCC1SC(C)(C)C(C(=O)[C@@]2(O)CO[C@H]3[C@@H]2OC[C@]3(O)O[N+](=O)[O-])N1S(=O)(=O)c1ccc(C)cc1. The first-order chi connectivity index (χ1) is 17.2. The predicted molar refractivity (Wildman–Crippen MR) is 131 cm³/mol. The minimum absolute atomic E-state index is 0.0223. The van der Waals surface area contributed by atoms with Crippen molar-refractivity contribution in [1.82, 2.24) is 4.31 Å². The van der Waals surface area contributed by atoms with Crippen molar-refractivity contribution in [1.29, 1.82) is 0 Å². The molecule has 3 fully saturated rings. The van der Waals surface area contributed by atoms with Crippen molar-refractivity contribution < 1.29 is 42.8 Å². The van der Waals surface area contributed by atoms with E-state index in [2.05, 4.69) is 4.84 Å². The number of benzene rings is 1. The van der Waals surface area contributed by atoms with Gasteiger partial charge in [-0.15, -0.1) is 21.9 Å². The summed E-state index contributed by atoms with van der Waals surface area (Å²) in [6, 6.07) is 5.00. The fourth-order valence-corrected chi connectivity index (χ4v) is 9.11. The summed E-state index contributed by atoms with van der Waals surface area (Å²) >= 11 is 1.34. The molecule has 3 aliphatic heterocycles. The Kier molecular flexibility index (Phi) is 7.42. The molecule has 37 heavy (non-hydrogen) atoms. The molecule has 0 bridgehead atoms. The lowest BCUT2D eigenvalue weighted by atomic mass is 9.83. The van der Waals surface area contributed by atoms with Crippen molar-refractivity contribution in [2.75, 3.05) is 13.2 Å². The number of hydrogen-bond acceptors (Lipinski definition) is 11. The van der Waals surface area contributed by atoms with Gasteiger partial charge in [0.1, 0.15) is 24.9 Å². The van der Waals surface area contributed by atoms with Crippen LogP contribution < -0.4 is 0 Å². The Hall–Kier alpha value is -1.81. The molecule has 0 saturated carbocycles. The van der Waals surface area contributed by atoms with Gasteiger partial charge >= 0.3 is 0 Å². The zero-order valence-corrected chi connectivity index (χ0v) is 22.7. The number of carbonyl (C=O) groups is 1. The largest absolute Gasteiger partial charge is 0.377 e. The van der Waals surface area contributed by atoms with Gasteiger partial charge in [-0.2, -0.15) is 4.31 Å². The highest BCUT2D eigenvalue weighted by Gasteiger charge is 2.70. The van der Waals surface area contributed by atoms with Crippen LogP contribution in [0.25, 0.3) is 0 Å². The minimum atomic E-state index is -4.18. The summed E-state index contributed by atoms with van der Waals surface area (Å²) in [4.78, 5) is 29.4. The number of ketones is 1. The van der Waals surface area contributed by atoms with Gasteiger partial charge in [0.25, 0.3) is 10.9 Å². The third kappa shape index (κ3) is 4.77. The number of Topliss-reactive ketones (excluding diaryl/α,β-unsaturated/α-hetero) is 1. The van der Waals surface area contributed by atoms with Crippen LogP contribution in [0.5, 0.6) is 0 Å². The standard InChI is InChI=1S/C23H32N2O10S2/c1-5-6-7-16-24(37(31,32)15-10-8-14(2)9-11-15)17(21(3,4)36-16)18(26)22(27)12-33-20-19(22)34-13-23(20,28)35-25(29)30/h8-11,16-17,19-20,27-28H,5-7,12-13H2,1-4H3/t16?,17?,19-,20-,22-,23-/m0/s1. The highest BCUT2D eigenvalue weighted by molar-refractivity contribution is 8.02. The maximum absolute atomic E-state index is 14.1. The molecule has 0 aromatic heterocycles. The van der Waals surface area contributed by atoms with Crippen LogP contribution in [-0.4, -0.2) is 86.8 Å². The van der Waals surface area contributed by atoms with Crippen LogP contribution in [0, 0.1) is 17.0 Å². The van der Waals surface area contributed by atoms with Gasteiger partial charge in [0.2, 0.25) is 10.0 Å². The van der Waals surface area contributed by atoms with E-state index in [0.717, 1.165) is 18.4 Å². The minimum Gasteiger partial charge on any atom is -0.377 e. The predicted octanol–water partition coefficient (Wildman–Crippen LogP) is 1.39. The van der Waals surface area contributed by atoms with E-state index < -0.39 is 73.9 Å². The molecule has 1 aromatic rings. The van der Waals surface area contributed by atoms with E-state index in [9.17, 15) is 33.5 Å². The van der Waals surface area contributed by atoms with Crippen LogP contribution in [0.4, 0.5) is 0 Å². The first-order valence-electron chi connectivity index (χ1n) is 12.0. The summed E-state index contributed by atoms with van der Waals surface area (Å²) in [5.41, 5.74) is -1.50. The van der Waals surface area contributed by atoms with Crippen molar-refractivity contribution in [2.45, 2.75) is 91.6 Å². The van der Waals surface area contributed by atoms with Gasteiger partial charge in [-0.05, 0) is 39.3 Å². The lowest BCUT2D eigenvalue weighted by Crippen LogP contribution is -2.62. The molecular weight excluding hydrogens is 528 g/mol. The zero-order chi connectivity index (χ0) is 27.4. The number of unbranched alkanes of at least 4 members (excludes halogenated alkanes) is 1. The maximum Gasteiger partial charge on any atom is 0.297 e. The summed E-state index contributed by atoms with van der Waals surface area (Å²) in [6.45, 7) is 5.92. The quantitative estimate of drug-likeness (QED) is 0.255. The summed E-state index contributed by atoms with van der Waals surface area (Å²) in [5, 5.41) is 31.2. The molecule has 3 heterocycles. The van der Waals surface area contributed by atoms with Crippen molar-refractivity contribution in [2.24, 2.45) is 0 Å². The molecule has 2 unspecified atom stereocenters. The van der Waals surface area contributed by atoms with Gasteiger partial charge in [-0.3, -0.25) is 9.63 Å². The molecule has 0 spiro atoms. The van der Waals surface area contributed by atoms with Gasteiger partial charge in [0.05, 0.1) is 16.9 Å². The number of carbonyl (C=O) groups excluding carboxylic acids is 1. The molecule has 0 amide bonds. The number of ether oxygens (including phenoxy) is 2. The Balaban J connectivity index is 1.74. The third-order valence-electron chi connectivity index (χ3n) is 7.09. The van der Waals surface area contributed by atoms with Gasteiger partial charge in [0.15, 0.2) is 11.4 Å². The Morgan fingerprint density at radius 1 is 1.22 bits per heavy atom. The molecule has 12 nitrogen and oxygen atoms in total. The molecule has 3 saturated heterocycles. The maximum atomic E-state index is 14.1. The Morgan fingerprint density at radius 2 is 1.84 bits per heavy atom. The summed E-state index contributed by atoms with van der Waals surface area (Å²) < 4.78 is 39.0. The van der Waals surface area contributed by atoms with Gasteiger partial charge in [-0.1, -0.05) is 37.5 Å². The van der Waals surface area contributed by atoms with E-state index in [1.165, 1.54) is 28.2 Å². The Labute approximate surface area is 219 Å². The topological polar surface area (TPSA) is 166 Å². The number of thioether (sulfide) groups is 1. The smallest absolute Gasteiger partial charge is 0.297 e. The molecule has 3 aliphatic rings. The summed E-state index contributed by atoms with van der Waals surface area (Å²) in [6.07, 6.45) is -0.987. The number of fused-ring (bicyclic) bond motifs is 1. The van der Waals surface area contributed by atoms with E-state index in [1.54, 1.807) is 26.0 Å². The number of nitrogens with zero attached hydrogens (tertiary/aromatic N) is 2. The number of hydrogen-bond donors (Lipinski definition) is 2. The molecule has 4 rings (SSSR count). The van der Waals surface area contributed by atoms with Crippen LogP contribution in [0.3, 0.4) is 0 Å². The zero-order valence-electron chi connectivity index (χ0n) is 21.0. The second-order valence-electron chi connectivity index (χ2n) is 10.3. The van der Waals surface area contributed by atoms with Crippen LogP contribution in [0.2, 0.25) is 0 Å². The molecular formula is C23H32N2O10S2. The van der Waals surface area contributed by atoms with Crippen LogP contribution >= 0.6 is 11.8 Å². The van der Waals surface area contributed by atoms with Crippen molar-refractivity contribution in [3.8, 4) is 0 Å². The summed E-state index contributed by atoms with van der Waals surface area (Å²) in [5.74, 6) is -3.38. The number of sulfonamides is 1. The number of aliphatic hydroxyl groups is 2. The van der Waals surface area contributed by atoms with Crippen molar-refractivity contribution >= 4 is 27.6 Å². The number of aryl methyl sites for hydroxylation is 1. The van der Waals surface area contributed by atoms with E-state index in [0.29, 0.717) is 6.42 Å². The lowest BCUT2D eigenvalue weighted by molar-refractivity contribution is -0.797. The highest BCUT2D eigenvalue weighted by atomic mass is 32.2. The van der Waals surface area contributed by atoms with Gasteiger partial charge in [-0.25, -0.2) is 8.42 Å². The molecule has 1 aromatic carbocycles. The van der Waals surface area contributed by atoms with Crippen LogP contribution in [-0.2, 0) is 29.1 Å². The second-order valence-corrected chi connectivity index (χ2v) is 14.0. The number of rotatable bonds is 9. The molecule has 0 aliphatic carbocycles.